The van der Waals surface area contributed by atoms with Crippen molar-refractivity contribution in [2.24, 2.45) is 0 Å². The maximum Gasteiger partial charge on any atom is 0.292 e. The van der Waals surface area contributed by atoms with Crippen LogP contribution in [-0.2, 0) is 0 Å². The zero-order valence-corrected chi connectivity index (χ0v) is 9.82. The summed E-state index contributed by atoms with van der Waals surface area (Å²) in [7, 11) is 0. The third-order valence-electron chi connectivity index (χ3n) is 2.47. The van der Waals surface area contributed by atoms with Gasteiger partial charge in [-0.15, -0.1) is 0 Å². The molecule has 0 aliphatic rings. The Hall–Kier alpha value is -2.14. The van der Waals surface area contributed by atoms with E-state index >= 15 is 0 Å². The number of nitro benzene ring substituents is 1. The number of rotatable bonds is 2. The lowest BCUT2D eigenvalue weighted by molar-refractivity contribution is -0.383. The minimum absolute atomic E-state index is 0.0713. The fraction of sp³-hybridized carbons (Fsp3) is 0. The van der Waals surface area contributed by atoms with E-state index in [0.29, 0.717) is 11.1 Å². The van der Waals surface area contributed by atoms with E-state index in [1.54, 1.807) is 6.07 Å². The van der Waals surface area contributed by atoms with Crippen LogP contribution in [0.1, 0.15) is 0 Å². The summed E-state index contributed by atoms with van der Waals surface area (Å²) in [6, 6.07) is 8.19. The second-order valence-corrected chi connectivity index (χ2v) is 4.06. The van der Waals surface area contributed by atoms with E-state index in [1.165, 1.54) is 24.3 Å². The van der Waals surface area contributed by atoms with Crippen molar-refractivity contribution in [3.8, 4) is 11.1 Å². The van der Waals surface area contributed by atoms with Gasteiger partial charge >= 0.3 is 0 Å². The first-order valence-corrected chi connectivity index (χ1v) is 5.36. The van der Waals surface area contributed by atoms with Crippen molar-refractivity contribution in [2.75, 3.05) is 5.73 Å². The first-order chi connectivity index (χ1) is 8.49. The number of hydrogen-bond donors (Lipinski definition) is 1. The molecule has 0 amide bonds. The Kier molecular flexibility index (Phi) is 3.16. The molecule has 0 saturated heterocycles. The Bertz CT molecular complexity index is 631. The second-order valence-electron chi connectivity index (χ2n) is 3.65. The topological polar surface area (TPSA) is 69.2 Å². The molecule has 0 atom stereocenters. The van der Waals surface area contributed by atoms with Gasteiger partial charge in [0.05, 0.1) is 9.95 Å². The van der Waals surface area contributed by atoms with Gasteiger partial charge in [0.15, 0.2) is 0 Å². The van der Waals surface area contributed by atoms with E-state index in [0.717, 1.165) is 6.07 Å². The van der Waals surface area contributed by atoms with Gasteiger partial charge in [0, 0.05) is 11.6 Å². The Morgan fingerprint density at radius 2 is 1.94 bits per heavy atom. The summed E-state index contributed by atoms with van der Waals surface area (Å²) in [4.78, 5) is 10.2. The van der Waals surface area contributed by atoms with Gasteiger partial charge in [0.2, 0.25) is 0 Å². The number of nitrogen functional groups attached to an aromatic ring is 1. The quantitative estimate of drug-likeness (QED) is 0.512. The smallest absolute Gasteiger partial charge is 0.292 e. The lowest BCUT2D eigenvalue weighted by Crippen LogP contribution is -1.95. The average Bonchev–Trinajstić information content (AvgIpc) is 2.30. The largest absolute Gasteiger partial charge is 0.393 e. The standard InChI is InChI=1S/C12H8ClFN2O2/c13-10-6-8(14)2-3-9(10)7-1-4-11(15)12(5-7)16(17)18/h1-6H,15H2. The highest BCUT2D eigenvalue weighted by atomic mass is 35.5. The normalized spacial score (nSPS) is 10.3. The number of benzene rings is 2. The third kappa shape index (κ3) is 2.26. The molecule has 0 radical (unpaired) electrons. The van der Waals surface area contributed by atoms with Crippen molar-refractivity contribution in [1.82, 2.24) is 0 Å². The van der Waals surface area contributed by atoms with Crippen LogP contribution in [0.5, 0.6) is 0 Å². The highest BCUT2D eigenvalue weighted by molar-refractivity contribution is 6.33. The van der Waals surface area contributed by atoms with Gasteiger partial charge in [-0.05, 0) is 29.8 Å². The van der Waals surface area contributed by atoms with Crippen molar-refractivity contribution in [3.05, 3.63) is 57.4 Å². The number of nitro groups is 1. The fourth-order valence-electron chi connectivity index (χ4n) is 1.59. The summed E-state index contributed by atoms with van der Waals surface area (Å²) in [6.45, 7) is 0. The maximum atomic E-state index is 12.9. The zero-order chi connectivity index (χ0) is 13.3. The molecule has 0 bridgehead atoms. The Morgan fingerprint density at radius 3 is 2.56 bits per heavy atom. The molecular weight excluding hydrogens is 259 g/mol. The third-order valence-corrected chi connectivity index (χ3v) is 2.78. The van der Waals surface area contributed by atoms with Gasteiger partial charge in [-0.25, -0.2) is 4.39 Å². The van der Waals surface area contributed by atoms with Crippen LogP contribution in [0.2, 0.25) is 5.02 Å². The predicted molar refractivity (Wildman–Crippen MR) is 67.9 cm³/mol. The van der Waals surface area contributed by atoms with Crippen LogP contribution >= 0.6 is 11.6 Å². The lowest BCUT2D eigenvalue weighted by Gasteiger charge is -2.05. The minimum Gasteiger partial charge on any atom is -0.393 e. The molecule has 0 aromatic heterocycles. The molecule has 2 aromatic carbocycles. The molecule has 2 aromatic rings. The SMILES string of the molecule is Nc1ccc(-c2ccc(F)cc2Cl)cc1[N+](=O)[O-]. The Balaban J connectivity index is 2.58. The van der Waals surface area contributed by atoms with E-state index in [2.05, 4.69) is 0 Å². The first-order valence-electron chi connectivity index (χ1n) is 4.98. The number of halogens is 2. The zero-order valence-electron chi connectivity index (χ0n) is 9.06. The maximum absolute atomic E-state index is 12.9. The molecule has 0 saturated carbocycles. The van der Waals surface area contributed by atoms with Gasteiger partial charge in [-0.3, -0.25) is 10.1 Å². The van der Waals surface area contributed by atoms with Crippen molar-refractivity contribution in [1.29, 1.82) is 0 Å². The summed E-state index contributed by atoms with van der Waals surface area (Å²) in [5.41, 5.74) is 6.40. The molecule has 0 spiro atoms. The predicted octanol–water partition coefficient (Wildman–Crippen LogP) is 3.64. The van der Waals surface area contributed by atoms with Crippen molar-refractivity contribution < 1.29 is 9.31 Å². The highest BCUT2D eigenvalue weighted by Crippen LogP contribution is 2.33. The number of anilines is 1. The van der Waals surface area contributed by atoms with E-state index in [-0.39, 0.29) is 16.4 Å². The molecule has 6 heteroatoms. The first kappa shape index (κ1) is 12.3. The van der Waals surface area contributed by atoms with Crippen LogP contribution in [0, 0.1) is 15.9 Å². The molecule has 4 nitrogen and oxygen atoms in total. The molecule has 2 N–H and O–H groups in total. The van der Waals surface area contributed by atoms with Crippen LogP contribution in [0.15, 0.2) is 36.4 Å². The molecule has 0 heterocycles. The van der Waals surface area contributed by atoms with Gasteiger partial charge < -0.3 is 5.73 Å². The van der Waals surface area contributed by atoms with Crippen molar-refractivity contribution in [3.63, 3.8) is 0 Å². The van der Waals surface area contributed by atoms with Gasteiger partial charge in [0.25, 0.3) is 5.69 Å². The number of nitrogens with zero attached hydrogens (tertiary/aromatic N) is 1. The van der Waals surface area contributed by atoms with Crippen LogP contribution < -0.4 is 5.73 Å². The molecule has 0 unspecified atom stereocenters. The van der Waals surface area contributed by atoms with E-state index in [4.69, 9.17) is 17.3 Å². The molecule has 2 rings (SSSR count). The minimum atomic E-state index is -0.573. The summed E-state index contributed by atoms with van der Waals surface area (Å²) in [5, 5.41) is 11.0. The van der Waals surface area contributed by atoms with E-state index in [9.17, 15) is 14.5 Å². The summed E-state index contributed by atoms with van der Waals surface area (Å²) in [6.07, 6.45) is 0. The van der Waals surface area contributed by atoms with Crippen molar-refractivity contribution >= 4 is 23.0 Å². The summed E-state index contributed by atoms with van der Waals surface area (Å²) in [5.74, 6) is -0.464. The van der Waals surface area contributed by atoms with Crippen molar-refractivity contribution in [2.45, 2.75) is 0 Å². The van der Waals surface area contributed by atoms with Crippen LogP contribution in [0.25, 0.3) is 11.1 Å². The van der Waals surface area contributed by atoms with E-state index < -0.39 is 10.7 Å². The average molecular weight is 267 g/mol. The van der Waals surface area contributed by atoms with E-state index in [1.807, 2.05) is 0 Å². The number of nitrogens with two attached hydrogens (primary N) is 1. The number of hydrogen-bond acceptors (Lipinski definition) is 3. The summed E-state index contributed by atoms with van der Waals surface area (Å²) < 4.78 is 12.9. The molecule has 0 aliphatic carbocycles. The van der Waals surface area contributed by atoms with Gasteiger partial charge in [0.1, 0.15) is 11.5 Å². The van der Waals surface area contributed by atoms with Crippen LogP contribution in [0.3, 0.4) is 0 Å². The molecule has 0 fully saturated rings. The monoisotopic (exact) mass is 266 g/mol. The second kappa shape index (κ2) is 4.62. The lowest BCUT2D eigenvalue weighted by atomic mass is 10.0. The fourth-order valence-corrected chi connectivity index (χ4v) is 1.87. The van der Waals surface area contributed by atoms with Gasteiger partial charge in [-0.1, -0.05) is 17.7 Å². The van der Waals surface area contributed by atoms with Gasteiger partial charge in [-0.2, -0.15) is 0 Å². The molecule has 92 valence electrons. The molecular formula is C12H8ClFN2O2. The Morgan fingerprint density at radius 1 is 1.22 bits per heavy atom. The van der Waals surface area contributed by atoms with Crippen LogP contribution in [-0.4, -0.2) is 4.92 Å². The summed E-state index contributed by atoms with van der Waals surface area (Å²) >= 11 is 5.89. The van der Waals surface area contributed by atoms with Crippen LogP contribution in [0.4, 0.5) is 15.8 Å². The molecule has 0 aliphatic heterocycles. The highest BCUT2D eigenvalue weighted by Gasteiger charge is 2.14. The Labute approximate surface area is 107 Å². The molecule has 18 heavy (non-hydrogen) atoms.